The van der Waals surface area contributed by atoms with Crippen LogP contribution in [0.1, 0.15) is 23.7 Å². The van der Waals surface area contributed by atoms with Crippen molar-refractivity contribution in [1.82, 2.24) is 9.88 Å². The highest BCUT2D eigenvalue weighted by atomic mass is 16.4. The third kappa shape index (κ3) is 2.95. The zero-order valence-corrected chi connectivity index (χ0v) is 11.7. The van der Waals surface area contributed by atoms with Crippen LogP contribution >= 0.6 is 0 Å². The average molecular weight is 282 g/mol. The molecule has 1 aliphatic heterocycles. The Morgan fingerprint density at radius 3 is 2.57 bits per heavy atom. The van der Waals surface area contributed by atoms with E-state index in [1.54, 1.807) is 6.20 Å². The van der Waals surface area contributed by atoms with Crippen LogP contribution in [0.2, 0.25) is 0 Å². The average Bonchev–Trinajstić information content (AvgIpc) is 3.00. The van der Waals surface area contributed by atoms with E-state index in [0.29, 0.717) is 13.0 Å². The van der Waals surface area contributed by atoms with Crippen LogP contribution in [0.25, 0.3) is 0 Å². The number of carboxylic acids is 1. The lowest BCUT2D eigenvalue weighted by Crippen LogP contribution is -2.29. The number of hydrogen-bond acceptors (Lipinski definition) is 3. The molecule has 1 saturated heterocycles. The van der Waals surface area contributed by atoms with Crippen LogP contribution in [0.15, 0.2) is 54.7 Å². The summed E-state index contributed by atoms with van der Waals surface area (Å²) in [5.41, 5.74) is 2.12. The minimum absolute atomic E-state index is 0.0248. The van der Waals surface area contributed by atoms with Crippen LogP contribution in [-0.2, 0) is 4.79 Å². The summed E-state index contributed by atoms with van der Waals surface area (Å²) in [6.07, 6.45) is 2.49. The van der Waals surface area contributed by atoms with E-state index in [9.17, 15) is 9.90 Å². The Labute approximate surface area is 124 Å². The Balaban J connectivity index is 1.93. The van der Waals surface area contributed by atoms with Crippen LogP contribution in [0.3, 0.4) is 0 Å². The Morgan fingerprint density at radius 1 is 1.19 bits per heavy atom. The van der Waals surface area contributed by atoms with E-state index >= 15 is 0 Å². The van der Waals surface area contributed by atoms with Crippen molar-refractivity contribution < 1.29 is 9.90 Å². The van der Waals surface area contributed by atoms with E-state index in [0.717, 1.165) is 17.8 Å². The Bertz CT molecular complexity index is 561. The molecule has 2 aromatic rings. The van der Waals surface area contributed by atoms with E-state index in [1.807, 2.05) is 36.4 Å². The zero-order chi connectivity index (χ0) is 14.7. The molecular formula is C17H18N2O2. The summed E-state index contributed by atoms with van der Waals surface area (Å²) in [6, 6.07) is 16.1. The summed E-state index contributed by atoms with van der Waals surface area (Å²) in [5.74, 6) is -0.981. The maximum absolute atomic E-state index is 11.2. The van der Waals surface area contributed by atoms with Crippen molar-refractivity contribution in [3.8, 4) is 0 Å². The van der Waals surface area contributed by atoms with Gasteiger partial charge in [0.15, 0.2) is 0 Å². The van der Waals surface area contributed by atoms with Crippen LogP contribution in [0, 0.1) is 5.92 Å². The second-order valence-electron chi connectivity index (χ2n) is 5.39. The number of hydrogen-bond donors (Lipinski definition) is 1. The van der Waals surface area contributed by atoms with Gasteiger partial charge in [0, 0.05) is 19.3 Å². The summed E-state index contributed by atoms with van der Waals surface area (Å²) >= 11 is 0. The van der Waals surface area contributed by atoms with Crippen molar-refractivity contribution in [3.05, 3.63) is 66.0 Å². The molecule has 2 heterocycles. The third-order valence-electron chi connectivity index (χ3n) is 4.02. The van der Waals surface area contributed by atoms with E-state index in [-0.39, 0.29) is 12.0 Å². The molecule has 0 radical (unpaired) electrons. The van der Waals surface area contributed by atoms with Crippen LogP contribution < -0.4 is 0 Å². The molecule has 4 heteroatoms. The van der Waals surface area contributed by atoms with Crippen LogP contribution in [-0.4, -0.2) is 34.0 Å². The molecule has 1 fully saturated rings. The van der Waals surface area contributed by atoms with Crippen LogP contribution in [0.5, 0.6) is 0 Å². The zero-order valence-electron chi connectivity index (χ0n) is 11.7. The fourth-order valence-corrected chi connectivity index (χ4v) is 2.97. The van der Waals surface area contributed by atoms with Crippen molar-refractivity contribution in [2.45, 2.75) is 12.5 Å². The minimum atomic E-state index is -0.703. The van der Waals surface area contributed by atoms with Gasteiger partial charge >= 0.3 is 5.97 Å². The normalized spacial score (nSPS) is 20.3. The number of likely N-dealkylation sites (tertiary alicyclic amines) is 1. The number of aliphatic carboxylic acids is 1. The largest absolute Gasteiger partial charge is 0.481 e. The maximum Gasteiger partial charge on any atom is 0.307 e. The quantitative estimate of drug-likeness (QED) is 0.936. The maximum atomic E-state index is 11.2. The highest BCUT2D eigenvalue weighted by molar-refractivity contribution is 5.70. The summed E-state index contributed by atoms with van der Waals surface area (Å²) in [7, 11) is 0. The van der Waals surface area contributed by atoms with Gasteiger partial charge in [0.1, 0.15) is 0 Å². The van der Waals surface area contributed by atoms with Gasteiger partial charge in [0.2, 0.25) is 0 Å². The van der Waals surface area contributed by atoms with E-state index in [2.05, 4.69) is 22.0 Å². The van der Waals surface area contributed by atoms with E-state index < -0.39 is 5.97 Å². The predicted octanol–water partition coefficient (Wildman–Crippen LogP) is 2.58. The summed E-state index contributed by atoms with van der Waals surface area (Å²) in [4.78, 5) is 17.9. The predicted molar refractivity (Wildman–Crippen MR) is 79.8 cm³/mol. The summed E-state index contributed by atoms with van der Waals surface area (Å²) in [5, 5.41) is 9.21. The Kier molecular flexibility index (Phi) is 3.97. The molecule has 2 atom stereocenters. The van der Waals surface area contributed by atoms with Gasteiger partial charge in [0.05, 0.1) is 17.7 Å². The molecule has 0 aliphatic carbocycles. The fourth-order valence-electron chi connectivity index (χ4n) is 2.97. The molecule has 1 aromatic carbocycles. The van der Waals surface area contributed by atoms with Crippen molar-refractivity contribution in [2.24, 2.45) is 5.92 Å². The molecule has 1 aliphatic rings. The van der Waals surface area contributed by atoms with Gasteiger partial charge in [-0.3, -0.25) is 14.7 Å². The molecule has 1 N–H and O–H groups in total. The smallest absolute Gasteiger partial charge is 0.307 e. The van der Waals surface area contributed by atoms with Gasteiger partial charge in [-0.05, 0) is 24.1 Å². The monoisotopic (exact) mass is 282 g/mol. The first-order valence-electron chi connectivity index (χ1n) is 7.18. The standard InChI is InChI=1S/C17H18N2O2/c20-17(21)14-9-11-19(12-14)16(13-6-2-1-3-7-13)15-8-4-5-10-18-15/h1-8,10,14,16H,9,11-12H2,(H,20,21). The Hall–Kier alpha value is -2.20. The third-order valence-corrected chi connectivity index (χ3v) is 4.02. The Morgan fingerprint density at radius 2 is 1.95 bits per heavy atom. The number of pyridine rings is 1. The summed E-state index contributed by atoms with van der Waals surface area (Å²) < 4.78 is 0. The molecule has 3 rings (SSSR count). The minimum Gasteiger partial charge on any atom is -0.481 e. The van der Waals surface area contributed by atoms with E-state index in [4.69, 9.17) is 0 Å². The molecule has 0 amide bonds. The van der Waals surface area contributed by atoms with Gasteiger partial charge in [-0.15, -0.1) is 0 Å². The molecule has 0 bridgehead atoms. The first kappa shape index (κ1) is 13.8. The fraction of sp³-hybridized carbons (Fsp3) is 0.294. The van der Waals surface area contributed by atoms with Crippen molar-refractivity contribution in [2.75, 3.05) is 13.1 Å². The lowest BCUT2D eigenvalue weighted by atomic mass is 10.0. The van der Waals surface area contributed by atoms with Gasteiger partial charge in [-0.25, -0.2) is 0 Å². The second-order valence-corrected chi connectivity index (χ2v) is 5.39. The van der Waals surface area contributed by atoms with Crippen molar-refractivity contribution in [1.29, 1.82) is 0 Å². The second kappa shape index (κ2) is 6.06. The van der Waals surface area contributed by atoms with Gasteiger partial charge in [-0.1, -0.05) is 36.4 Å². The number of aromatic nitrogens is 1. The van der Waals surface area contributed by atoms with Gasteiger partial charge in [0.25, 0.3) is 0 Å². The number of carboxylic acid groups (broad SMARTS) is 1. The van der Waals surface area contributed by atoms with Gasteiger partial charge < -0.3 is 5.11 Å². The lowest BCUT2D eigenvalue weighted by Gasteiger charge is -2.27. The molecule has 1 aromatic heterocycles. The summed E-state index contributed by atoms with van der Waals surface area (Å²) in [6.45, 7) is 1.36. The molecular weight excluding hydrogens is 264 g/mol. The molecule has 2 unspecified atom stereocenters. The number of nitrogens with zero attached hydrogens (tertiary/aromatic N) is 2. The number of benzene rings is 1. The SMILES string of the molecule is O=C(O)C1CCN(C(c2ccccc2)c2ccccn2)C1. The molecule has 4 nitrogen and oxygen atoms in total. The van der Waals surface area contributed by atoms with Crippen molar-refractivity contribution in [3.63, 3.8) is 0 Å². The molecule has 108 valence electrons. The lowest BCUT2D eigenvalue weighted by molar-refractivity contribution is -0.141. The molecule has 0 saturated carbocycles. The first-order chi connectivity index (χ1) is 10.3. The molecule has 0 spiro atoms. The van der Waals surface area contributed by atoms with E-state index in [1.165, 1.54) is 0 Å². The van der Waals surface area contributed by atoms with Crippen LogP contribution in [0.4, 0.5) is 0 Å². The van der Waals surface area contributed by atoms with Gasteiger partial charge in [-0.2, -0.15) is 0 Å². The first-order valence-corrected chi connectivity index (χ1v) is 7.18. The molecule has 21 heavy (non-hydrogen) atoms. The number of carbonyl (C=O) groups is 1. The highest BCUT2D eigenvalue weighted by Gasteiger charge is 2.33. The highest BCUT2D eigenvalue weighted by Crippen LogP contribution is 2.32. The number of rotatable bonds is 4. The van der Waals surface area contributed by atoms with Crippen molar-refractivity contribution >= 4 is 5.97 Å². The topological polar surface area (TPSA) is 53.4 Å².